The van der Waals surface area contributed by atoms with Crippen LogP contribution in [0.2, 0.25) is 0 Å². The number of hydrogen-bond acceptors (Lipinski definition) is 5. The van der Waals surface area contributed by atoms with E-state index in [0.717, 1.165) is 67.1 Å². The number of H-pyrrole nitrogens is 2. The molecule has 0 bridgehead atoms. The molecule has 10 heteroatoms. The molecule has 0 saturated carbocycles. The standard InChI is InChI=1S/C27H33N5O4S/c1-16-23(27(34)32-13-5-6-17(32)15-31-11-3-4-12-31)19-8-9-20(25(19)29-16)24-21-14-18(37(35,36)28-2)7-10-22(21)30-26(24)33/h7,9-10,14,17,28-30,33H,3-6,8,11-13,15H2,1-2H3/t17-/m0/s1. The first kappa shape index (κ1) is 24.3. The van der Waals surface area contributed by atoms with Crippen LogP contribution < -0.4 is 4.72 Å². The van der Waals surface area contributed by atoms with Crippen molar-refractivity contribution in [2.24, 2.45) is 0 Å². The van der Waals surface area contributed by atoms with Gasteiger partial charge in [0, 0.05) is 41.3 Å². The first-order chi connectivity index (χ1) is 17.8. The highest BCUT2D eigenvalue weighted by Gasteiger charge is 2.36. The molecule has 1 aliphatic carbocycles. The number of allylic oxidation sites excluding steroid dienone is 1. The van der Waals surface area contributed by atoms with Gasteiger partial charge in [-0.05, 0) is 82.9 Å². The van der Waals surface area contributed by atoms with Gasteiger partial charge in [-0.2, -0.15) is 0 Å². The van der Waals surface area contributed by atoms with E-state index in [1.165, 1.54) is 26.0 Å². The lowest BCUT2D eigenvalue weighted by Gasteiger charge is -2.29. The highest BCUT2D eigenvalue weighted by atomic mass is 32.2. The van der Waals surface area contributed by atoms with Crippen molar-refractivity contribution < 1.29 is 18.3 Å². The van der Waals surface area contributed by atoms with Crippen molar-refractivity contribution in [1.29, 1.82) is 0 Å². The third-order valence-electron chi connectivity index (χ3n) is 8.19. The lowest BCUT2D eigenvalue weighted by molar-refractivity contribution is 0.0707. The van der Waals surface area contributed by atoms with E-state index in [9.17, 15) is 18.3 Å². The number of nitrogens with one attached hydrogen (secondary N) is 3. The fraction of sp³-hybridized carbons (Fsp3) is 0.444. The van der Waals surface area contributed by atoms with Gasteiger partial charge in [-0.3, -0.25) is 4.79 Å². The lowest BCUT2D eigenvalue weighted by Crippen LogP contribution is -2.42. The van der Waals surface area contributed by atoms with Crippen LogP contribution in [0.3, 0.4) is 0 Å². The van der Waals surface area contributed by atoms with Gasteiger partial charge in [-0.15, -0.1) is 0 Å². The number of aryl methyl sites for hydroxylation is 1. The quantitative estimate of drug-likeness (QED) is 0.396. The summed E-state index contributed by atoms with van der Waals surface area (Å²) in [5.74, 6) is 0.0513. The smallest absolute Gasteiger partial charge is 0.256 e. The van der Waals surface area contributed by atoms with Crippen LogP contribution in [0.25, 0.3) is 16.5 Å². The molecule has 9 nitrogen and oxygen atoms in total. The molecule has 0 spiro atoms. The summed E-state index contributed by atoms with van der Waals surface area (Å²) in [5.41, 5.74) is 5.26. The number of aromatic amines is 2. The topological polar surface area (TPSA) is 122 Å². The number of hydrogen-bond donors (Lipinski definition) is 4. The lowest BCUT2D eigenvalue weighted by atomic mass is 10.0. The minimum atomic E-state index is -3.65. The van der Waals surface area contributed by atoms with Crippen molar-refractivity contribution in [2.45, 2.75) is 50.0 Å². The van der Waals surface area contributed by atoms with Crippen LogP contribution in [0, 0.1) is 6.92 Å². The van der Waals surface area contributed by atoms with Crippen LogP contribution in [-0.4, -0.2) is 78.5 Å². The van der Waals surface area contributed by atoms with Gasteiger partial charge in [-0.1, -0.05) is 6.08 Å². The zero-order chi connectivity index (χ0) is 25.9. The fourth-order valence-electron chi connectivity index (χ4n) is 6.35. The summed E-state index contributed by atoms with van der Waals surface area (Å²) in [5, 5.41) is 11.5. The first-order valence-electron chi connectivity index (χ1n) is 13.0. The van der Waals surface area contributed by atoms with Crippen LogP contribution in [0.15, 0.2) is 29.2 Å². The Kier molecular flexibility index (Phi) is 5.93. The Morgan fingerprint density at radius 1 is 1.16 bits per heavy atom. The summed E-state index contributed by atoms with van der Waals surface area (Å²) >= 11 is 0. The van der Waals surface area contributed by atoms with Gasteiger partial charge in [0.05, 0.1) is 21.7 Å². The highest BCUT2D eigenvalue weighted by Crippen LogP contribution is 2.43. The molecule has 4 heterocycles. The molecule has 2 aliphatic heterocycles. The van der Waals surface area contributed by atoms with Gasteiger partial charge in [0.1, 0.15) is 0 Å². The number of carbonyl (C=O) groups is 1. The molecule has 37 heavy (non-hydrogen) atoms. The molecule has 2 saturated heterocycles. The average Bonchev–Trinajstić information content (AvgIpc) is 3.68. The molecule has 0 unspecified atom stereocenters. The van der Waals surface area contributed by atoms with Gasteiger partial charge in [0.15, 0.2) is 5.88 Å². The SMILES string of the molecule is CNS(=O)(=O)c1ccc2[nH]c(O)c(C3=CCc4c3[nH]c(C)c4C(=O)N3CCC[C@H]3CN3CCCC3)c2c1. The number of sulfonamides is 1. The second-order valence-electron chi connectivity index (χ2n) is 10.4. The normalized spacial score (nSPS) is 20.2. The summed E-state index contributed by atoms with van der Waals surface area (Å²) in [6.45, 7) is 5.90. The van der Waals surface area contributed by atoms with Crippen LogP contribution in [0.5, 0.6) is 5.88 Å². The van der Waals surface area contributed by atoms with E-state index in [1.54, 1.807) is 12.1 Å². The number of benzene rings is 1. The number of aromatic hydroxyl groups is 1. The van der Waals surface area contributed by atoms with Crippen molar-refractivity contribution in [2.75, 3.05) is 33.2 Å². The molecular formula is C27H33N5O4S. The van der Waals surface area contributed by atoms with Crippen LogP contribution >= 0.6 is 0 Å². The summed E-state index contributed by atoms with van der Waals surface area (Å²) in [6, 6.07) is 4.98. The van der Waals surface area contributed by atoms with Crippen LogP contribution in [-0.2, 0) is 16.4 Å². The number of rotatable bonds is 6. The predicted molar refractivity (Wildman–Crippen MR) is 142 cm³/mol. The molecule has 4 N–H and O–H groups in total. The summed E-state index contributed by atoms with van der Waals surface area (Å²) in [7, 11) is -2.27. The van der Waals surface area contributed by atoms with Gasteiger partial charge in [-0.25, -0.2) is 13.1 Å². The molecule has 196 valence electrons. The van der Waals surface area contributed by atoms with E-state index in [4.69, 9.17) is 0 Å². The zero-order valence-corrected chi connectivity index (χ0v) is 22.0. The van der Waals surface area contributed by atoms with E-state index < -0.39 is 10.0 Å². The molecule has 6 rings (SSSR count). The summed E-state index contributed by atoms with van der Waals surface area (Å²) < 4.78 is 27.2. The molecule has 0 radical (unpaired) electrons. The Balaban J connectivity index is 1.35. The number of amides is 1. The van der Waals surface area contributed by atoms with E-state index in [-0.39, 0.29) is 22.7 Å². The highest BCUT2D eigenvalue weighted by molar-refractivity contribution is 7.89. The molecule has 1 aromatic carbocycles. The summed E-state index contributed by atoms with van der Waals surface area (Å²) in [4.78, 5) is 24.9. The molecule has 1 atom stereocenters. The molecule has 3 aromatic rings. The first-order valence-corrected chi connectivity index (χ1v) is 14.5. The van der Waals surface area contributed by atoms with Crippen molar-refractivity contribution in [1.82, 2.24) is 24.5 Å². The second kappa shape index (κ2) is 9.04. The van der Waals surface area contributed by atoms with Gasteiger partial charge in [0.2, 0.25) is 10.0 Å². The Morgan fingerprint density at radius 2 is 1.95 bits per heavy atom. The molecule has 3 aliphatic rings. The van der Waals surface area contributed by atoms with E-state index in [0.29, 0.717) is 22.9 Å². The largest absolute Gasteiger partial charge is 0.494 e. The fourth-order valence-corrected chi connectivity index (χ4v) is 7.10. The number of fused-ring (bicyclic) bond motifs is 2. The number of nitrogens with zero attached hydrogens (tertiary/aromatic N) is 2. The number of likely N-dealkylation sites (tertiary alicyclic amines) is 2. The Labute approximate surface area is 216 Å². The van der Waals surface area contributed by atoms with Gasteiger partial charge < -0.3 is 24.9 Å². The van der Waals surface area contributed by atoms with E-state index in [1.807, 2.05) is 13.0 Å². The maximum absolute atomic E-state index is 13.9. The Hall–Kier alpha value is -3.08. The van der Waals surface area contributed by atoms with E-state index in [2.05, 4.69) is 24.5 Å². The molecular weight excluding hydrogens is 490 g/mol. The molecule has 2 fully saturated rings. The maximum atomic E-state index is 13.9. The number of aromatic nitrogens is 2. The summed E-state index contributed by atoms with van der Waals surface area (Å²) in [6.07, 6.45) is 7.12. The second-order valence-corrected chi connectivity index (χ2v) is 12.3. The predicted octanol–water partition coefficient (Wildman–Crippen LogP) is 3.11. The van der Waals surface area contributed by atoms with Crippen LogP contribution in [0.1, 0.15) is 58.6 Å². The average molecular weight is 524 g/mol. The number of carbonyl (C=O) groups excluding carboxylic acids is 1. The van der Waals surface area contributed by atoms with Crippen molar-refractivity contribution >= 4 is 32.4 Å². The monoisotopic (exact) mass is 523 g/mol. The van der Waals surface area contributed by atoms with Crippen molar-refractivity contribution in [3.8, 4) is 5.88 Å². The zero-order valence-electron chi connectivity index (χ0n) is 21.2. The Bertz CT molecular complexity index is 1530. The van der Waals surface area contributed by atoms with Crippen molar-refractivity contribution in [3.63, 3.8) is 0 Å². The third-order valence-corrected chi connectivity index (χ3v) is 9.60. The minimum absolute atomic E-state index is 0.0292. The van der Waals surface area contributed by atoms with E-state index >= 15 is 0 Å². The minimum Gasteiger partial charge on any atom is -0.494 e. The van der Waals surface area contributed by atoms with Crippen molar-refractivity contribution in [3.05, 3.63) is 52.4 Å². The van der Waals surface area contributed by atoms with Crippen LogP contribution in [0.4, 0.5) is 0 Å². The van der Waals surface area contributed by atoms with Gasteiger partial charge in [0.25, 0.3) is 5.91 Å². The molecule has 1 amide bonds. The Morgan fingerprint density at radius 3 is 2.70 bits per heavy atom. The van der Waals surface area contributed by atoms with Gasteiger partial charge >= 0.3 is 0 Å². The maximum Gasteiger partial charge on any atom is 0.256 e. The molecule has 2 aromatic heterocycles. The third kappa shape index (κ3) is 3.98.